The Hall–Kier alpha value is -0.0300. The Labute approximate surface area is 136 Å². The molecule has 0 aliphatic heterocycles. The summed E-state index contributed by atoms with van der Waals surface area (Å²) in [5.74, 6) is 1.47. The average Bonchev–Trinajstić information content (AvgIpc) is 2.33. The van der Waals surface area contributed by atoms with Crippen LogP contribution in [0.5, 0.6) is 11.5 Å². The molecule has 0 amide bonds. The highest BCUT2D eigenvalue weighted by Crippen LogP contribution is 2.33. The van der Waals surface area contributed by atoms with E-state index in [1.807, 2.05) is 36.4 Å². The molecule has 0 heterocycles. The number of alkyl halides is 1. The molecule has 0 aliphatic carbocycles. The molecular weight excluding hydrogens is 447 g/mol. The molecular formula is C13H8Br3ClO. The lowest BCUT2D eigenvalue weighted by atomic mass is 10.2. The number of hydrogen-bond acceptors (Lipinski definition) is 1. The first kappa shape index (κ1) is 14.4. The van der Waals surface area contributed by atoms with Crippen LogP contribution in [0, 0.1) is 0 Å². The van der Waals surface area contributed by atoms with Crippen molar-refractivity contribution in [1.29, 1.82) is 0 Å². The Morgan fingerprint density at radius 3 is 2.44 bits per heavy atom. The summed E-state index contributed by atoms with van der Waals surface area (Å²) in [6.07, 6.45) is 0. The van der Waals surface area contributed by atoms with Crippen LogP contribution in [0.4, 0.5) is 0 Å². The maximum absolute atomic E-state index is 6.13. The maximum Gasteiger partial charge on any atom is 0.141 e. The lowest BCUT2D eigenvalue weighted by Crippen LogP contribution is -1.87. The minimum Gasteiger partial charge on any atom is -0.456 e. The van der Waals surface area contributed by atoms with Gasteiger partial charge in [-0.05, 0) is 51.8 Å². The van der Waals surface area contributed by atoms with Crippen LogP contribution >= 0.6 is 59.4 Å². The Kier molecular flexibility index (Phi) is 5.13. The van der Waals surface area contributed by atoms with Crippen LogP contribution in [0.2, 0.25) is 5.02 Å². The van der Waals surface area contributed by atoms with Crippen LogP contribution < -0.4 is 4.74 Å². The van der Waals surface area contributed by atoms with Crippen molar-refractivity contribution in [3.63, 3.8) is 0 Å². The Morgan fingerprint density at radius 2 is 1.83 bits per heavy atom. The summed E-state index contributed by atoms with van der Waals surface area (Å²) in [5.41, 5.74) is 1.04. The largest absolute Gasteiger partial charge is 0.456 e. The highest BCUT2D eigenvalue weighted by atomic mass is 79.9. The van der Waals surface area contributed by atoms with Crippen LogP contribution in [0.3, 0.4) is 0 Å². The molecule has 0 unspecified atom stereocenters. The first-order valence-electron chi connectivity index (χ1n) is 5.07. The average molecular weight is 455 g/mol. The number of rotatable bonds is 3. The maximum atomic E-state index is 6.13. The third-order valence-electron chi connectivity index (χ3n) is 2.29. The SMILES string of the molecule is Clc1cc(Oc2ccc(Br)cc2Br)ccc1CBr. The molecule has 18 heavy (non-hydrogen) atoms. The Bertz CT molecular complexity index is 572. The van der Waals surface area contributed by atoms with E-state index in [9.17, 15) is 0 Å². The summed E-state index contributed by atoms with van der Waals surface area (Å²) in [7, 11) is 0. The molecule has 0 N–H and O–H groups in total. The van der Waals surface area contributed by atoms with E-state index in [-0.39, 0.29) is 0 Å². The van der Waals surface area contributed by atoms with E-state index in [2.05, 4.69) is 47.8 Å². The zero-order valence-electron chi connectivity index (χ0n) is 9.09. The van der Waals surface area contributed by atoms with Crippen molar-refractivity contribution in [3.8, 4) is 11.5 Å². The van der Waals surface area contributed by atoms with Gasteiger partial charge in [0.1, 0.15) is 11.5 Å². The second kappa shape index (κ2) is 6.42. The van der Waals surface area contributed by atoms with Gasteiger partial charge in [-0.1, -0.05) is 49.5 Å². The summed E-state index contributed by atoms with van der Waals surface area (Å²) in [6.45, 7) is 0. The van der Waals surface area contributed by atoms with Gasteiger partial charge in [-0.25, -0.2) is 0 Å². The summed E-state index contributed by atoms with van der Waals surface area (Å²) >= 11 is 16.4. The molecule has 94 valence electrons. The fourth-order valence-corrected chi connectivity index (χ4v) is 3.40. The molecule has 2 rings (SSSR count). The molecule has 0 atom stereocenters. The molecule has 1 nitrogen and oxygen atoms in total. The molecule has 0 saturated carbocycles. The van der Waals surface area contributed by atoms with Crippen molar-refractivity contribution in [3.05, 3.63) is 55.9 Å². The molecule has 0 aliphatic rings. The first-order valence-corrected chi connectivity index (χ1v) is 8.16. The molecule has 0 bridgehead atoms. The van der Waals surface area contributed by atoms with Gasteiger partial charge in [0.05, 0.1) is 4.47 Å². The summed E-state index contributed by atoms with van der Waals surface area (Å²) in [4.78, 5) is 0. The predicted octanol–water partition coefficient (Wildman–Crippen LogP) is 6.55. The van der Waals surface area contributed by atoms with Gasteiger partial charge in [0.15, 0.2) is 0 Å². The quantitative estimate of drug-likeness (QED) is 0.477. The normalized spacial score (nSPS) is 10.4. The third-order valence-corrected chi connectivity index (χ3v) is 4.36. The van der Waals surface area contributed by atoms with Crippen molar-refractivity contribution >= 4 is 59.4 Å². The molecule has 2 aromatic carbocycles. The highest BCUT2D eigenvalue weighted by molar-refractivity contribution is 9.11. The van der Waals surface area contributed by atoms with E-state index in [1.165, 1.54) is 0 Å². The molecule has 5 heteroatoms. The van der Waals surface area contributed by atoms with Crippen molar-refractivity contribution in [1.82, 2.24) is 0 Å². The zero-order chi connectivity index (χ0) is 13.1. The second-order valence-corrected chi connectivity index (χ2v) is 6.30. The van der Waals surface area contributed by atoms with Gasteiger partial charge in [0.2, 0.25) is 0 Å². The summed E-state index contributed by atoms with van der Waals surface area (Å²) < 4.78 is 7.66. The van der Waals surface area contributed by atoms with Crippen LogP contribution in [-0.4, -0.2) is 0 Å². The van der Waals surface area contributed by atoms with Crippen molar-refractivity contribution < 1.29 is 4.74 Å². The molecule has 0 radical (unpaired) electrons. The number of halogens is 4. The fourth-order valence-electron chi connectivity index (χ4n) is 1.38. The Balaban J connectivity index is 2.26. The highest BCUT2D eigenvalue weighted by Gasteiger charge is 2.06. The topological polar surface area (TPSA) is 9.23 Å². The van der Waals surface area contributed by atoms with Gasteiger partial charge >= 0.3 is 0 Å². The van der Waals surface area contributed by atoms with Gasteiger partial charge in [0, 0.05) is 14.8 Å². The van der Waals surface area contributed by atoms with Crippen LogP contribution in [0.25, 0.3) is 0 Å². The molecule has 0 saturated heterocycles. The van der Waals surface area contributed by atoms with Gasteiger partial charge < -0.3 is 4.74 Å². The first-order chi connectivity index (χ1) is 8.60. The zero-order valence-corrected chi connectivity index (χ0v) is 14.6. The van der Waals surface area contributed by atoms with E-state index in [4.69, 9.17) is 16.3 Å². The number of hydrogen-bond donors (Lipinski definition) is 0. The summed E-state index contributed by atoms with van der Waals surface area (Å²) in [6, 6.07) is 11.4. The standard InChI is InChI=1S/C13H8Br3ClO/c14-7-8-1-3-10(6-12(8)17)18-13-4-2-9(15)5-11(13)16/h1-6H,7H2. The van der Waals surface area contributed by atoms with E-state index in [1.54, 1.807) is 0 Å². The minimum atomic E-state index is 0.692. The van der Waals surface area contributed by atoms with E-state index >= 15 is 0 Å². The smallest absolute Gasteiger partial charge is 0.141 e. The molecule has 0 fully saturated rings. The van der Waals surface area contributed by atoms with Gasteiger partial charge in [-0.15, -0.1) is 0 Å². The predicted molar refractivity (Wildman–Crippen MR) is 86.0 cm³/mol. The van der Waals surface area contributed by atoms with Gasteiger partial charge in [0.25, 0.3) is 0 Å². The molecule has 2 aromatic rings. The lowest BCUT2D eigenvalue weighted by molar-refractivity contribution is 0.479. The molecule has 0 spiro atoms. The van der Waals surface area contributed by atoms with Crippen molar-refractivity contribution in [2.45, 2.75) is 5.33 Å². The number of benzene rings is 2. The minimum absolute atomic E-state index is 0.692. The molecule has 0 aromatic heterocycles. The Morgan fingerprint density at radius 1 is 1.06 bits per heavy atom. The second-order valence-electron chi connectivity index (χ2n) is 3.56. The van der Waals surface area contributed by atoms with Crippen LogP contribution in [0.15, 0.2) is 45.3 Å². The number of ether oxygens (including phenoxy) is 1. The van der Waals surface area contributed by atoms with Crippen molar-refractivity contribution in [2.24, 2.45) is 0 Å². The monoisotopic (exact) mass is 452 g/mol. The van der Waals surface area contributed by atoms with E-state index in [0.29, 0.717) is 10.8 Å². The van der Waals surface area contributed by atoms with Gasteiger partial charge in [-0.2, -0.15) is 0 Å². The fraction of sp³-hybridized carbons (Fsp3) is 0.0769. The van der Waals surface area contributed by atoms with E-state index < -0.39 is 0 Å². The third kappa shape index (κ3) is 3.50. The van der Waals surface area contributed by atoms with Crippen molar-refractivity contribution in [2.75, 3.05) is 0 Å². The van der Waals surface area contributed by atoms with E-state index in [0.717, 1.165) is 25.6 Å². The lowest BCUT2D eigenvalue weighted by Gasteiger charge is -2.09. The van der Waals surface area contributed by atoms with Crippen LogP contribution in [0.1, 0.15) is 5.56 Å². The summed E-state index contributed by atoms with van der Waals surface area (Å²) in [5, 5.41) is 1.42. The van der Waals surface area contributed by atoms with Crippen LogP contribution in [-0.2, 0) is 5.33 Å². The van der Waals surface area contributed by atoms with Gasteiger partial charge in [-0.3, -0.25) is 0 Å².